The maximum Gasteiger partial charge on any atom is 0.0518 e. The Morgan fingerprint density at radius 1 is 1.57 bits per heavy atom. The quantitative estimate of drug-likeness (QED) is 0.761. The van der Waals surface area contributed by atoms with E-state index in [9.17, 15) is 0 Å². The van der Waals surface area contributed by atoms with Crippen molar-refractivity contribution in [2.75, 3.05) is 11.5 Å². The molecule has 0 amide bonds. The highest BCUT2D eigenvalue weighted by Gasteiger charge is 2.09. The Balaban J connectivity index is 2.29. The van der Waals surface area contributed by atoms with Gasteiger partial charge in [0.2, 0.25) is 0 Å². The van der Waals surface area contributed by atoms with Crippen LogP contribution in [-0.2, 0) is 0 Å². The molecule has 2 N–H and O–H groups in total. The van der Waals surface area contributed by atoms with Crippen LogP contribution in [0.3, 0.4) is 0 Å². The van der Waals surface area contributed by atoms with Gasteiger partial charge in [-0.2, -0.15) is 16.9 Å². The van der Waals surface area contributed by atoms with Gasteiger partial charge < -0.3 is 5.32 Å². The van der Waals surface area contributed by atoms with Crippen molar-refractivity contribution in [3.8, 4) is 0 Å². The normalized spacial score (nSPS) is 15.4. The van der Waals surface area contributed by atoms with Crippen molar-refractivity contribution in [2.45, 2.75) is 32.9 Å². The van der Waals surface area contributed by atoms with Crippen LogP contribution >= 0.6 is 11.8 Å². The van der Waals surface area contributed by atoms with Gasteiger partial charge >= 0.3 is 0 Å². The van der Waals surface area contributed by atoms with Crippen LogP contribution in [0.5, 0.6) is 0 Å². The SMILES string of the molecule is CCSCC(C)NC(C)c1ccn[nH]1. The van der Waals surface area contributed by atoms with Crippen molar-refractivity contribution in [1.29, 1.82) is 0 Å². The van der Waals surface area contributed by atoms with Crippen molar-refractivity contribution in [2.24, 2.45) is 0 Å². The molecule has 0 aliphatic rings. The van der Waals surface area contributed by atoms with E-state index in [2.05, 4.69) is 36.3 Å². The molecule has 3 nitrogen and oxygen atoms in total. The van der Waals surface area contributed by atoms with Gasteiger partial charge in [0.1, 0.15) is 0 Å². The second-order valence-electron chi connectivity index (χ2n) is 3.46. The molecule has 80 valence electrons. The van der Waals surface area contributed by atoms with Crippen LogP contribution in [0.1, 0.15) is 32.5 Å². The minimum absolute atomic E-state index is 0.352. The van der Waals surface area contributed by atoms with Gasteiger partial charge in [0.25, 0.3) is 0 Å². The number of nitrogens with one attached hydrogen (secondary N) is 2. The standard InChI is InChI=1S/C10H19N3S/c1-4-14-7-8(2)12-9(3)10-5-6-11-13-10/h5-6,8-9,12H,4,7H2,1-3H3,(H,11,13). The molecule has 0 aliphatic carbocycles. The molecule has 1 aromatic heterocycles. The summed E-state index contributed by atoms with van der Waals surface area (Å²) in [7, 11) is 0. The summed E-state index contributed by atoms with van der Waals surface area (Å²) in [6, 6.07) is 2.90. The fraction of sp³-hybridized carbons (Fsp3) is 0.700. The van der Waals surface area contributed by atoms with Gasteiger partial charge in [-0.15, -0.1) is 0 Å². The minimum Gasteiger partial charge on any atom is -0.306 e. The average molecular weight is 213 g/mol. The zero-order valence-corrected chi connectivity index (χ0v) is 9.90. The molecular weight excluding hydrogens is 194 g/mol. The van der Waals surface area contributed by atoms with E-state index >= 15 is 0 Å². The Hall–Kier alpha value is -0.480. The van der Waals surface area contributed by atoms with Crippen molar-refractivity contribution in [3.63, 3.8) is 0 Å². The van der Waals surface area contributed by atoms with Gasteiger partial charge in [0.05, 0.1) is 5.69 Å². The van der Waals surface area contributed by atoms with Crippen LogP contribution in [0.15, 0.2) is 12.3 Å². The monoisotopic (exact) mass is 213 g/mol. The second-order valence-corrected chi connectivity index (χ2v) is 4.78. The van der Waals surface area contributed by atoms with E-state index in [0.29, 0.717) is 12.1 Å². The Bertz CT molecular complexity index is 236. The number of aromatic amines is 1. The Labute approximate surface area is 90.1 Å². The first-order chi connectivity index (χ1) is 6.74. The zero-order valence-electron chi connectivity index (χ0n) is 9.08. The number of hydrogen-bond donors (Lipinski definition) is 2. The summed E-state index contributed by atoms with van der Waals surface area (Å²) < 4.78 is 0. The van der Waals surface area contributed by atoms with Gasteiger partial charge in [0.15, 0.2) is 0 Å². The summed E-state index contributed by atoms with van der Waals surface area (Å²) in [5.74, 6) is 2.35. The van der Waals surface area contributed by atoms with Crippen LogP contribution in [0.4, 0.5) is 0 Å². The minimum atomic E-state index is 0.352. The van der Waals surface area contributed by atoms with Crippen LogP contribution in [-0.4, -0.2) is 27.7 Å². The molecule has 0 aromatic carbocycles. The van der Waals surface area contributed by atoms with Gasteiger partial charge in [-0.1, -0.05) is 6.92 Å². The van der Waals surface area contributed by atoms with Crippen molar-refractivity contribution < 1.29 is 0 Å². The van der Waals surface area contributed by atoms with Crippen molar-refractivity contribution >= 4 is 11.8 Å². The molecule has 0 bridgehead atoms. The number of hydrogen-bond acceptors (Lipinski definition) is 3. The highest BCUT2D eigenvalue weighted by Crippen LogP contribution is 2.10. The fourth-order valence-electron chi connectivity index (χ4n) is 1.37. The maximum absolute atomic E-state index is 3.94. The first-order valence-electron chi connectivity index (χ1n) is 5.07. The summed E-state index contributed by atoms with van der Waals surface area (Å²) >= 11 is 1.97. The smallest absolute Gasteiger partial charge is 0.0518 e. The van der Waals surface area contributed by atoms with E-state index in [1.54, 1.807) is 6.20 Å². The molecule has 0 saturated carbocycles. The lowest BCUT2D eigenvalue weighted by atomic mass is 10.2. The van der Waals surface area contributed by atoms with E-state index in [1.807, 2.05) is 17.8 Å². The van der Waals surface area contributed by atoms with Crippen LogP contribution in [0.2, 0.25) is 0 Å². The zero-order chi connectivity index (χ0) is 10.4. The highest BCUT2D eigenvalue weighted by molar-refractivity contribution is 7.99. The van der Waals surface area contributed by atoms with Gasteiger partial charge in [-0.05, 0) is 25.7 Å². The molecule has 1 rings (SSSR count). The summed E-state index contributed by atoms with van der Waals surface area (Å²) in [5.41, 5.74) is 1.15. The van der Waals surface area contributed by atoms with E-state index < -0.39 is 0 Å². The summed E-state index contributed by atoms with van der Waals surface area (Å²) in [4.78, 5) is 0. The van der Waals surface area contributed by atoms with E-state index in [1.165, 1.54) is 5.75 Å². The Morgan fingerprint density at radius 2 is 2.36 bits per heavy atom. The summed E-state index contributed by atoms with van der Waals surface area (Å²) in [5, 5.41) is 10.4. The third-order valence-corrected chi connectivity index (χ3v) is 3.24. The maximum atomic E-state index is 3.94. The summed E-state index contributed by atoms with van der Waals surface area (Å²) in [6.07, 6.45) is 1.79. The molecule has 0 fully saturated rings. The average Bonchev–Trinajstić information content (AvgIpc) is 2.67. The molecule has 0 spiro atoms. The second kappa shape index (κ2) is 6.09. The third-order valence-electron chi connectivity index (χ3n) is 2.10. The molecule has 2 unspecified atom stereocenters. The lowest BCUT2D eigenvalue weighted by Gasteiger charge is -2.18. The summed E-state index contributed by atoms with van der Waals surface area (Å²) in [6.45, 7) is 6.56. The van der Waals surface area contributed by atoms with E-state index in [-0.39, 0.29) is 0 Å². The lowest BCUT2D eigenvalue weighted by molar-refractivity contribution is 0.501. The number of rotatable bonds is 6. The molecule has 0 radical (unpaired) electrons. The lowest BCUT2D eigenvalue weighted by Crippen LogP contribution is -2.31. The fourth-order valence-corrected chi connectivity index (χ4v) is 2.05. The topological polar surface area (TPSA) is 40.7 Å². The largest absolute Gasteiger partial charge is 0.306 e. The highest BCUT2D eigenvalue weighted by atomic mass is 32.2. The number of nitrogens with zero attached hydrogens (tertiary/aromatic N) is 1. The molecule has 14 heavy (non-hydrogen) atoms. The van der Waals surface area contributed by atoms with Crippen molar-refractivity contribution in [1.82, 2.24) is 15.5 Å². The van der Waals surface area contributed by atoms with Gasteiger partial charge in [0, 0.05) is 24.0 Å². The Morgan fingerprint density at radius 3 is 2.93 bits per heavy atom. The molecular formula is C10H19N3S. The van der Waals surface area contributed by atoms with Gasteiger partial charge in [-0.3, -0.25) is 5.10 Å². The first kappa shape index (κ1) is 11.6. The predicted octanol–water partition coefficient (Wildman–Crippen LogP) is 2.20. The number of H-pyrrole nitrogens is 1. The molecule has 0 aliphatic heterocycles. The number of aromatic nitrogens is 2. The van der Waals surface area contributed by atoms with E-state index in [0.717, 1.165) is 11.4 Å². The molecule has 1 aromatic rings. The molecule has 0 saturated heterocycles. The predicted molar refractivity (Wildman–Crippen MR) is 62.6 cm³/mol. The van der Waals surface area contributed by atoms with Gasteiger partial charge in [-0.25, -0.2) is 0 Å². The van der Waals surface area contributed by atoms with Crippen LogP contribution < -0.4 is 5.32 Å². The first-order valence-corrected chi connectivity index (χ1v) is 6.22. The third kappa shape index (κ3) is 3.72. The number of thioether (sulfide) groups is 1. The molecule has 4 heteroatoms. The van der Waals surface area contributed by atoms with Crippen LogP contribution in [0.25, 0.3) is 0 Å². The van der Waals surface area contributed by atoms with Crippen molar-refractivity contribution in [3.05, 3.63) is 18.0 Å². The molecule has 2 atom stereocenters. The van der Waals surface area contributed by atoms with E-state index in [4.69, 9.17) is 0 Å². The molecule has 1 heterocycles. The van der Waals surface area contributed by atoms with Crippen LogP contribution in [0, 0.1) is 0 Å². The Kier molecular flexibility index (Phi) is 5.04.